The second kappa shape index (κ2) is 11.6. The predicted octanol–water partition coefficient (Wildman–Crippen LogP) is 0.372. The summed E-state index contributed by atoms with van der Waals surface area (Å²) in [5, 5.41) is 3.47. The number of rotatable bonds is 8. The summed E-state index contributed by atoms with van der Waals surface area (Å²) in [6, 6.07) is 4.00. The maximum atomic E-state index is 12.9. The minimum absolute atomic E-state index is 0.0236. The molecule has 176 valence electrons. The van der Waals surface area contributed by atoms with Gasteiger partial charge in [0.15, 0.2) is 0 Å². The number of likely N-dealkylation sites (tertiary alicyclic amines) is 1. The lowest BCUT2D eigenvalue weighted by atomic mass is 10.1. The molecule has 0 spiro atoms. The summed E-state index contributed by atoms with van der Waals surface area (Å²) in [7, 11) is 0. The Morgan fingerprint density at radius 2 is 1.94 bits per heavy atom. The number of carbonyl (C=O) groups is 3. The molecule has 1 aromatic carbocycles. The van der Waals surface area contributed by atoms with E-state index in [1.165, 1.54) is 0 Å². The van der Waals surface area contributed by atoms with E-state index in [2.05, 4.69) is 5.32 Å². The van der Waals surface area contributed by atoms with Crippen LogP contribution < -0.4 is 16.8 Å². The monoisotopic (exact) mass is 465 g/mol. The van der Waals surface area contributed by atoms with Gasteiger partial charge in [-0.25, -0.2) is 0 Å². The van der Waals surface area contributed by atoms with Crippen molar-refractivity contribution < 1.29 is 19.1 Å². The van der Waals surface area contributed by atoms with Gasteiger partial charge in [-0.05, 0) is 42.5 Å². The second-order valence-electron chi connectivity index (χ2n) is 8.16. The minimum atomic E-state index is -0.815. The van der Waals surface area contributed by atoms with Gasteiger partial charge in [0.2, 0.25) is 17.7 Å². The Hall–Kier alpha value is -2.20. The summed E-state index contributed by atoms with van der Waals surface area (Å²) in [6.07, 6.45) is 1.77. The fourth-order valence-electron chi connectivity index (χ4n) is 4.15. The van der Waals surface area contributed by atoms with Crippen molar-refractivity contribution in [1.29, 1.82) is 0 Å². The molecule has 3 amide bonds. The molecule has 2 aliphatic rings. The van der Waals surface area contributed by atoms with Crippen molar-refractivity contribution in [2.75, 3.05) is 32.8 Å². The van der Waals surface area contributed by atoms with E-state index in [4.69, 9.17) is 27.8 Å². The van der Waals surface area contributed by atoms with E-state index in [1.807, 2.05) is 6.07 Å². The first kappa shape index (κ1) is 24.4. The topological polar surface area (TPSA) is 131 Å². The third-order valence-electron chi connectivity index (χ3n) is 6.03. The van der Waals surface area contributed by atoms with E-state index in [-0.39, 0.29) is 37.1 Å². The molecule has 3 rings (SSSR count). The highest BCUT2D eigenvalue weighted by Crippen LogP contribution is 2.20. The number of amides is 3. The van der Waals surface area contributed by atoms with Crippen LogP contribution >= 0.6 is 11.6 Å². The van der Waals surface area contributed by atoms with Gasteiger partial charge in [-0.2, -0.15) is 0 Å². The lowest BCUT2D eigenvalue weighted by molar-refractivity contribution is -0.140. The third kappa shape index (κ3) is 6.19. The molecule has 2 saturated heterocycles. The Morgan fingerprint density at radius 3 is 2.66 bits per heavy atom. The lowest BCUT2D eigenvalue weighted by Gasteiger charge is -2.28. The molecule has 0 aliphatic carbocycles. The first-order valence-electron chi connectivity index (χ1n) is 11.1. The maximum Gasteiger partial charge on any atom is 0.243 e. The van der Waals surface area contributed by atoms with Crippen molar-refractivity contribution in [3.8, 4) is 0 Å². The molecule has 5 N–H and O–H groups in total. The van der Waals surface area contributed by atoms with Crippen molar-refractivity contribution in [2.24, 2.45) is 11.5 Å². The number of hydrogen-bond acceptors (Lipinski definition) is 6. The van der Waals surface area contributed by atoms with Crippen LogP contribution in [0.1, 0.15) is 36.8 Å². The van der Waals surface area contributed by atoms with Gasteiger partial charge in [-0.15, -0.1) is 0 Å². The molecule has 9 nitrogen and oxygen atoms in total. The zero-order chi connectivity index (χ0) is 23.1. The summed E-state index contributed by atoms with van der Waals surface area (Å²) in [4.78, 5) is 41.3. The molecule has 1 aromatic rings. The standard InChI is InChI=1S/C22H32ClN5O4/c23-17-4-3-15(13-24)16(12-17)14-26-21(30)19-2-1-7-28(19)22(31)18(25)5-6-20(29)27-8-10-32-11-9-27/h3-4,12,18-19H,1-2,5-11,13-14,24-25H2,(H,26,30)/t18-,19+/m1/s1. The van der Waals surface area contributed by atoms with Crippen LogP contribution in [0.4, 0.5) is 0 Å². The Balaban J connectivity index is 1.52. The molecule has 0 radical (unpaired) electrons. The average molecular weight is 466 g/mol. The van der Waals surface area contributed by atoms with E-state index in [0.717, 1.165) is 17.5 Å². The van der Waals surface area contributed by atoms with E-state index < -0.39 is 12.1 Å². The van der Waals surface area contributed by atoms with Crippen molar-refractivity contribution >= 4 is 29.3 Å². The fourth-order valence-corrected chi connectivity index (χ4v) is 4.34. The van der Waals surface area contributed by atoms with Gasteiger partial charge in [-0.1, -0.05) is 17.7 Å². The highest BCUT2D eigenvalue weighted by molar-refractivity contribution is 6.30. The fraction of sp³-hybridized carbons (Fsp3) is 0.591. The van der Waals surface area contributed by atoms with Gasteiger partial charge in [0.1, 0.15) is 6.04 Å². The quantitative estimate of drug-likeness (QED) is 0.508. The average Bonchev–Trinajstić information content (AvgIpc) is 3.31. The SMILES string of the molecule is NCc1ccc(Cl)cc1CNC(=O)[C@@H]1CCCN1C(=O)[C@H](N)CCC(=O)N1CCOCC1. The Labute approximate surface area is 193 Å². The zero-order valence-corrected chi connectivity index (χ0v) is 19.0. The Kier molecular flexibility index (Phi) is 8.86. The van der Waals surface area contributed by atoms with E-state index in [9.17, 15) is 14.4 Å². The predicted molar refractivity (Wildman–Crippen MR) is 121 cm³/mol. The zero-order valence-electron chi connectivity index (χ0n) is 18.2. The van der Waals surface area contributed by atoms with Crippen molar-refractivity contribution in [2.45, 2.75) is 50.9 Å². The van der Waals surface area contributed by atoms with Gasteiger partial charge < -0.3 is 31.3 Å². The molecule has 2 heterocycles. The molecule has 2 fully saturated rings. The van der Waals surface area contributed by atoms with Crippen LogP contribution in [0.5, 0.6) is 0 Å². The van der Waals surface area contributed by atoms with Crippen molar-refractivity contribution in [3.05, 3.63) is 34.3 Å². The van der Waals surface area contributed by atoms with Gasteiger partial charge in [0.05, 0.1) is 19.3 Å². The molecule has 0 saturated carbocycles. The number of nitrogens with two attached hydrogens (primary N) is 2. The van der Waals surface area contributed by atoms with Gasteiger partial charge in [-0.3, -0.25) is 14.4 Å². The molecular formula is C22H32ClN5O4. The minimum Gasteiger partial charge on any atom is -0.378 e. The molecule has 2 atom stereocenters. The van der Waals surface area contributed by atoms with Crippen LogP contribution in [0, 0.1) is 0 Å². The van der Waals surface area contributed by atoms with Gasteiger partial charge in [0.25, 0.3) is 0 Å². The molecule has 0 bridgehead atoms. The number of hydrogen-bond donors (Lipinski definition) is 3. The van der Waals surface area contributed by atoms with Crippen LogP contribution in [0.25, 0.3) is 0 Å². The van der Waals surface area contributed by atoms with Gasteiger partial charge >= 0.3 is 0 Å². The van der Waals surface area contributed by atoms with Crippen LogP contribution in [0.2, 0.25) is 5.02 Å². The molecule has 0 aromatic heterocycles. The highest BCUT2D eigenvalue weighted by Gasteiger charge is 2.36. The van der Waals surface area contributed by atoms with E-state index in [1.54, 1.807) is 21.9 Å². The van der Waals surface area contributed by atoms with Crippen LogP contribution in [0.15, 0.2) is 18.2 Å². The highest BCUT2D eigenvalue weighted by atomic mass is 35.5. The Morgan fingerprint density at radius 1 is 1.19 bits per heavy atom. The van der Waals surface area contributed by atoms with Crippen molar-refractivity contribution in [3.63, 3.8) is 0 Å². The number of carbonyl (C=O) groups excluding carboxylic acids is 3. The summed E-state index contributed by atoms with van der Waals surface area (Å²) in [5.74, 6) is -0.539. The largest absolute Gasteiger partial charge is 0.378 e. The summed E-state index contributed by atoms with van der Waals surface area (Å²) in [5.41, 5.74) is 13.6. The number of nitrogens with one attached hydrogen (secondary N) is 1. The second-order valence-corrected chi connectivity index (χ2v) is 8.60. The molecular weight excluding hydrogens is 434 g/mol. The summed E-state index contributed by atoms with van der Waals surface area (Å²) in [6.45, 7) is 3.29. The number of benzene rings is 1. The van der Waals surface area contributed by atoms with E-state index in [0.29, 0.717) is 50.8 Å². The van der Waals surface area contributed by atoms with Crippen LogP contribution in [0.3, 0.4) is 0 Å². The lowest BCUT2D eigenvalue weighted by Crippen LogP contribution is -2.51. The normalized spacial score (nSPS) is 19.7. The number of nitrogens with zero attached hydrogens (tertiary/aromatic N) is 2. The van der Waals surface area contributed by atoms with Gasteiger partial charge in [0, 0.05) is 44.2 Å². The summed E-state index contributed by atoms with van der Waals surface area (Å²) < 4.78 is 5.25. The Bertz CT molecular complexity index is 831. The van der Waals surface area contributed by atoms with E-state index >= 15 is 0 Å². The first-order chi connectivity index (χ1) is 15.4. The number of ether oxygens (including phenoxy) is 1. The molecule has 2 aliphatic heterocycles. The molecule has 32 heavy (non-hydrogen) atoms. The van der Waals surface area contributed by atoms with Crippen LogP contribution in [-0.4, -0.2) is 72.5 Å². The smallest absolute Gasteiger partial charge is 0.243 e. The number of morpholine rings is 1. The molecule has 0 unspecified atom stereocenters. The van der Waals surface area contributed by atoms with Crippen LogP contribution in [-0.2, 0) is 32.2 Å². The first-order valence-corrected chi connectivity index (χ1v) is 11.4. The molecule has 10 heteroatoms. The third-order valence-corrected chi connectivity index (χ3v) is 6.27. The summed E-state index contributed by atoms with van der Waals surface area (Å²) >= 11 is 6.06. The van der Waals surface area contributed by atoms with Crippen molar-refractivity contribution in [1.82, 2.24) is 15.1 Å². The number of halogens is 1. The maximum absolute atomic E-state index is 12.9.